The molecule has 102 valence electrons. The first-order valence-electron chi connectivity index (χ1n) is 5.78. The Morgan fingerprint density at radius 1 is 1.28 bits per heavy atom. The van der Waals surface area contributed by atoms with Crippen LogP contribution in [0.4, 0.5) is 4.79 Å². The Labute approximate surface area is 106 Å². The van der Waals surface area contributed by atoms with Gasteiger partial charge >= 0.3 is 12.0 Å². The van der Waals surface area contributed by atoms with E-state index >= 15 is 0 Å². The third-order valence-electron chi connectivity index (χ3n) is 2.21. The number of carboxylic acids is 1. The maximum Gasteiger partial charge on any atom is 0.321 e. The molecule has 6 heteroatoms. The van der Waals surface area contributed by atoms with Crippen LogP contribution in [0.5, 0.6) is 0 Å². The Morgan fingerprint density at radius 2 is 1.89 bits per heavy atom. The zero-order chi connectivity index (χ0) is 14.1. The van der Waals surface area contributed by atoms with Gasteiger partial charge in [-0.15, -0.1) is 6.58 Å². The van der Waals surface area contributed by atoms with Gasteiger partial charge in [-0.3, -0.25) is 14.9 Å². The molecule has 0 spiro atoms. The van der Waals surface area contributed by atoms with Crippen LogP contribution in [0.3, 0.4) is 0 Å². The molecule has 0 aliphatic carbocycles. The number of amides is 3. The second kappa shape index (κ2) is 8.27. The molecule has 18 heavy (non-hydrogen) atoms. The average molecular weight is 256 g/mol. The van der Waals surface area contributed by atoms with E-state index in [1.165, 1.54) is 0 Å². The van der Waals surface area contributed by atoms with Gasteiger partial charge in [0, 0.05) is 18.9 Å². The zero-order valence-corrected chi connectivity index (χ0v) is 10.7. The van der Waals surface area contributed by atoms with Gasteiger partial charge in [0.05, 0.1) is 0 Å². The molecule has 6 nitrogen and oxygen atoms in total. The van der Waals surface area contributed by atoms with Gasteiger partial charge < -0.3 is 10.4 Å². The number of rotatable bonds is 7. The fourth-order valence-electron chi connectivity index (χ4n) is 1.43. The van der Waals surface area contributed by atoms with Crippen LogP contribution in [-0.4, -0.2) is 29.1 Å². The second-order valence-electron chi connectivity index (χ2n) is 4.35. The van der Waals surface area contributed by atoms with Crippen LogP contribution in [0.15, 0.2) is 12.7 Å². The zero-order valence-electron chi connectivity index (χ0n) is 10.7. The Hall–Kier alpha value is -1.85. The Balaban J connectivity index is 3.97. The van der Waals surface area contributed by atoms with E-state index in [1.54, 1.807) is 19.9 Å². The van der Waals surface area contributed by atoms with E-state index in [9.17, 15) is 14.4 Å². The van der Waals surface area contributed by atoms with Crippen molar-refractivity contribution in [2.24, 2.45) is 5.92 Å². The molecule has 0 saturated heterocycles. The van der Waals surface area contributed by atoms with Crippen LogP contribution >= 0.6 is 0 Å². The summed E-state index contributed by atoms with van der Waals surface area (Å²) >= 11 is 0. The highest BCUT2D eigenvalue weighted by Gasteiger charge is 2.15. The molecule has 0 aromatic carbocycles. The lowest BCUT2D eigenvalue weighted by Gasteiger charge is -2.13. The van der Waals surface area contributed by atoms with Crippen LogP contribution in [0.25, 0.3) is 0 Å². The van der Waals surface area contributed by atoms with E-state index in [-0.39, 0.29) is 24.8 Å². The summed E-state index contributed by atoms with van der Waals surface area (Å²) in [5, 5.41) is 13.3. The molecule has 0 aromatic heterocycles. The van der Waals surface area contributed by atoms with Gasteiger partial charge in [-0.05, 0) is 19.3 Å². The van der Waals surface area contributed by atoms with Crippen molar-refractivity contribution in [3.8, 4) is 0 Å². The highest BCUT2D eigenvalue weighted by atomic mass is 16.4. The summed E-state index contributed by atoms with van der Waals surface area (Å²) in [6.45, 7) is 6.98. The monoisotopic (exact) mass is 256 g/mol. The number of hydrogen-bond acceptors (Lipinski definition) is 3. The molecular weight excluding hydrogens is 236 g/mol. The molecule has 0 saturated carbocycles. The number of hydrogen-bond donors (Lipinski definition) is 3. The highest BCUT2D eigenvalue weighted by molar-refractivity contribution is 5.94. The summed E-state index contributed by atoms with van der Waals surface area (Å²) < 4.78 is 0. The van der Waals surface area contributed by atoms with Crippen molar-refractivity contribution in [1.82, 2.24) is 10.6 Å². The Morgan fingerprint density at radius 3 is 2.39 bits per heavy atom. The number of urea groups is 1. The number of imide groups is 1. The molecule has 0 heterocycles. The Kier molecular flexibility index (Phi) is 7.42. The van der Waals surface area contributed by atoms with Crippen LogP contribution in [0.2, 0.25) is 0 Å². The van der Waals surface area contributed by atoms with Crippen LogP contribution in [0.1, 0.15) is 33.1 Å². The van der Waals surface area contributed by atoms with Crippen molar-refractivity contribution in [3.63, 3.8) is 0 Å². The van der Waals surface area contributed by atoms with E-state index in [2.05, 4.69) is 17.2 Å². The molecule has 0 fully saturated rings. The molecular formula is C12H20N2O4. The summed E-state index contributed by atoms with van der Waals surface area (Å²) in [6, 6.07) is -0.677. The third kappa shape index (κ3) is 8.32. The summed E-state index contributed by atoms with van der Waals surface area (Å²) in [4.78, 5) is 33.2. The van der Waals surface area contributed by atoms with Gasteiger partial charge in [-0.2, -0.15) is 0 Å². The van der Waals surface area contributed by atoms with Crippen LogP contribution in [0, 0.1) is 5.92 Å². The molecule has 0 aliphatic rings. The lowest BCUT2D eigenvalue weighted by Crippen LogP contribution is -2.43. The first-order chi connectivity index (χ1) is 8.35. The van der Waals surface area contributed by atoms with Crippen molar-refractivity contribution in [2.45, 2.75) is 39.2 Å². The molecule has 2 unspecified atom stereocenters. The second-order valence-corrected chi connectivity index (χ2v) is 4.35. The van der Waals surface area contributed by atoms with Crippen LogP contribution < -0.4 is 10.6 Å². The standard InChI is InChI=1S/C12H20N2O4/c1-4-5-9(3)13-12(18)14-10(15)6-8(2)7-11(16)17/h4,8-9H,1,5-7H2,2-3H3,(H,16,17)(H2,13,14,15,18). The van der Waals surface area contributed by atoms with Gasteiger partial charge in [0.1, 0.15) is 0 Å². The molecule has 0 aromatic rings. The van der Waals surface area contributed by atoms with Crippen molar-refractivity contribution in [3.05, 3.63) is 12.7 Å². The van der Waals surface area contributed by atoms with Crippen molar-refractivity contribution in [1.29, 1.82) is 0 Å². The van der Waals surface area contributed by atoms with E-state index in [1.807, 2.05) is 0 Å². The lowest BCUT2D eigenvalue weighted by atomic mass is 10.0. The molecule has 3 N–H and O–H groups in total. The first kappa shape index (κ1) is 16.1. The highest BCUT2D eigenvalue weighted by Crippen LogP contribution is 2.06. The molecule has 0 rings (SSSR count). The number of carbonyl (C=O) groups is 3. The molecule has 0 aliphatic heterocycles. The molecule has 3 amide bonds. The minimum Gasteiger partial charge on any atom is -0.481 e. The molecule has 2 atom stereocenters. The van der Waals surface area contributed by atoms with Crippen molar-refractivity contribution in [2.75, 3.05) is 0 Å². The third-order valence-corrected chi connectivity index (χ3v) is 2.21. The maximum atomic E-state index is 11.4. The smallest absolute Gasteiger partial charge is 0.321 e. The minimum absolute atomic E-state index is 0.00948. The van der Waals surface area contributed by atoms with Gasteiger partial charge in [0.15, 0.2) is 0 Å². The predicted molar refractivity (Wildman–Crippen MR) is 67.0 cm³/mol. The molecule has 0 radical (unpaired) electrons. The number of carboxylic acid groups (broad SMARTS) is 1. The molecule has 0 bridgehead atoms. The normalized spacial score (nSPS) is 13.2. The van der Waals surface area contributed by atoms with E-state index < -0.39 is 17.9 Å². The largest absolute Gasteiger partial charge is 0.481 e. The fourth-order valence-corrected chi connectivity index (χ4v) is 1.43. The number of carbonyl (C=O) groups excluding carboxylic acids is 2. The van der Waals surface area contributed by atoms with E-state index in [4.69, 9.17) is 5.11 Å². The van der Waals surface area contributed by atoms with Gasteiger partial charge in [-0.1, -0.05) is 13.0 Å². The van der Waals surface area contributed by atoms with Crippen molar-refractivity contribution < 1.29 is 19.5 Å². The quantitative estimate of drug-likeness (QED) is 0.598. The average Bonchev–Trinajstić information content (AvgIpc) is 2.14. The first-order valence-corrected chi connectivity index (χ1v) is 5.78. The fraction of sp³-hybridized carbons (Fsp3) is 0.583. The minimum atomic E-state index is -0.959. The van der Waals surface area contributed by atoms with Gasteiger partial charge in [0.2, 0.25) is 5.91 Å². The summed E-state index contributed by atoms with van der Waals surface area (Å²) in [7, 11) is 0. The summed E-state index contributed by atoms with van der Waals surface area (Å²) in [6.07, 6.45) is 2.19. The van der Waals surface area contributed by atoms with Crippen LogP contribution in [-0.2, 0) is 9.59 Å². The van der Waals surface area contributed by atoms with E-state index in [0.717, 1.165) is 0 Å². The SMILES string of the molecule is C=CCC(C)NC(=O)NC(=O)CC(C)CC(=O)O. The van der Waals surface area contributed by atoms with Crippen molar-refractivity contribution >= 4 is 17.9 Å². The lowest BCUT2D eigenvalue weighted by molar-refractivity contribution is -0.138. The summed E-state index contributed by atoms with van der Waals surface area (Å²) in [5.74, 6) is -1.74. The Bertz CT molecular complexity index is 328. The number of aliphatic carboxylic acids is 1. The summed E-state index contributed by atoms with van der Waals surface area (Å²) in [5.41, 5.74) is 0. The van der Waals surface area contributed by atoms with E-state index in [0.29, 0.717) is 6.42 Å². The van der Waals surface area contributed by atoms with Gasteiger partial charge in [0.25, 0.3) is 0 Å². The predicted octanol–water partition coefficient (Wildman–Crippen LogP) is 1.28. The van der Waals surface area contributed by atoms with Gasteiger partial charge in [-0.25, -0.2) is 4.79 Å². The number of nitrogens with one attached hydrogen (secondary N) is 2. The maximum absolute atomic E-state index is 11.4. The topological polar surface area (TPSA) is 95.5 Å².